The second-order valence-electron chi connectivity index (χ2n) is 7.42. The lowest BCUT2D eigenvalue weighted by molar-refractivity contribution is 0.0378. The minimum absolute atomic E-state index is 0.0746. The van der Waals surface area contributed by atoms with Gasteiger partial charge in [-0.1, -0.05) is 17.3 Å². The fourth-order valence-electron chi connectivity index (χ4n) is 3.61. The summed E-state index contributed by atoms with van der Waals surface area (Å²) in [5.74, 6) is -0.958. The number of pyridine rings is 1. The number of ether oxygens (including phenoxy) is 1. The van der Waals surface area contributed by atoms with Crippen LogP contribution >= 0.6 is 0 Å². The van der Waals surface area contributed by atoms with Crippen LogP contribution in [0, 0.1) is 11.6 Å². The molecular weight excluding hydrogens is 416 g/mol. The van der Waals surface area contributed by atoms with Crippen molar-refractivity contribution in [2.45, 2.75) is 18.9 Å². The predicted octanol–water partition coefficient (Wildman–Crippen LogP) is 3.65. The van der Waals surface area contributed by atoms with Gasteiger partial charge in [-0.2, -0.15) is 0 Å². The Balaban J connectivity index is 1.81. The first-order valence-corrected chi connectivity index (χ1v) is 10.3. The maximum Gasteiger partial charge on any atom is 0.255 e. The molecule has 1 saturated heterocycles. The minimum atomic E-state index is -0.771. The fraction of sp³-hybridized carbons (Fsp3) is 0.250. The first-order valence-electron chi connectivity index (χ1n) is 10.3. The number of para-hydroxylation sites is 2. The van der Waals surface area contributed by atoms with Crippen LogP contribution in [0.25, 0.3) is 5.69 Å². The zero-order valence-electron chi connectivity index (χ0n) is 17.6. The van der Waals surface area contributed by atoms with Crippen molar-refractivity contribution in [3.63, 3.8) is 0 Å². The highest BCUT2D eigenvalue weighted by Gasteiger charge is 2.19. The van der Waals surface area contributed by atoms with Crippen LogP contribution in [0.3, 0.4) is 0 Å². The van der Waals surface area contributed by atoms with E-state index < -0.39 is 11.6 Å². The quantitative estimate of drug-likeness (QED) is 0.471. The monoisotopic (exact) mass is 439 g/mol. The van der Waals surface area contributed by atoms with Gasteiger partial charge in [0.05, 0.1) is 12.8 Å². The molecule has 166 valence electrons. The second-order valence-corrected chi connectivity index (χ2v) is 7.42. The summed E-state index contributed by atoms with van der Waals surface area (Å²) in [6.45, 7) is 1.61. The number of halogens is 2. The van der Waals surface area contributed by atoms with Gasteiger partial charge < -0.3 is 14.9 Å². The van der Waals surface area contributed by atoms with Crippen LogP contribution < -0.4 is 15.6 Å². The summed E-state index contributed by atoms with van der Waals surface area (Å²) >= 11 is 0. The Kier molecular flexibility index (Phi) is 6.61. The van der Waals surface area contributed by atoms with E-state index in [-0.39, 0.29) is 22.9 Å². The molecular formula is C24H23F2N3O3. The van der Waals surface area contributed by atoms with E-state index >= 15 is 0 Å². The number of nitrogens with one attached hydrogen (secondary N) is 1. The van der Waals surface area contributed by atoms with Crippen LogP contribution in [0.15, 0.2) is 70.7 Å². The first kappa shape index (κ1) is 21.7. The van der Waals surface area contributed by atoms with Crippen LogP contribution in [0.5, 0.6) is 5.75 Å². The molecule has 2 aromatic carbocycles. The zero-order valence-corrected chi connectivity index (χ0v) is 17.6. The summed E-state index contributed by atoms with van der Waals surface area (Å²) in [5.41, 5.74) is 0.918. The van der Waals surface area contributed by atoms with Crippen LogP contribution in [0.1, 0.15) is 24.0 Å². The number of hydrogen-bond acceptors (Lipinski definition) is 5. The van der Waals surface area contributed by atoms with Crippen LogP contribution in [-0.2, 0) is 4.84 Å². The van der Waals surface area contributed by atoms with Gasteiger partial charge in [0.1, 0.15) is 29.2 Å². The average Bonchev–Trinajstić information content (AvgIpc) is 2.82. The summed E-state index contributed by atoms with van der Waals surface area (Å²) in [4.78, 5) is 18.4. The topological polar surface area (TPSA) is 64.8 Å². The molecule has 0 bridgehead atoms. The Bertz CT molecular complexity index is 1190. The van der Waals surface area contributed by atoms with Gasteiger partial charge in [-0.05, 0) is 56.3 Å². The average molecular weight is 439 g/mol. The van der Waals surface area contributed by atoms with Crippen molar-refractivity contribution < 1.29 is 18.4 Å². The maximum absolute atomic E-state index is 14.7. The summed E-state index contributed by atoms with van der Waals surface area (Å²) in [5, 5.41) is 7.51. The second kappa shape index (κ2) is 9.74. The lowest BCUT2D eigenvalue weighted by atomic mass is 10.0. The van der Waals surface area contributed by atoms with E-state index in [1.807, 2.05) is 0 Å². The Hall–Kier alpha value is -3.52. The Morgan fingerprint density at radius 1 is 1.09 bits per heavy atom. The maximum atomic E-state index is 14.7. The van der Waals surface area contributed by atoms with Gasteiger partial charge in [0, 0.05) is 29.5 Å². The van der Waals surface area contributed by atoms with Crippen molar-refractivity contribution in [2.24, 2.45) is 5.16 Å². The lowest BCUT2D eigenvalue weighted by Gasteiger charge is -2.21. The third kappa shape index (κ3) is 4.70. The number of benzene rings is 2. The normalized spacial score (nSPS) is 14.9. The van der Waals surface area contributed by atoms with E-state index in [0.29, 0.717) is 17.0 Å². The molecule has 0 amide bonds. The van der Waals surface area contributed by atoms with Crippen molar-refractivity contribution in [2.75, 3.05) is 20.2 Å². The molecule has 6 nitrogen and oxygen atoms in total. The predicted molar refractivity (Wildman–Crippen MR) is 118 cm³/mol. The Morgan fingerprint density at radius 2 is 1.88 bits per heavy atom. The minimum Gasteiger partial charge on any atom is -0.495 e. The van der Waals surface area contributed by atoms with E-state index in [9.17, 15) is 13.6 Å². The SMILES string of the molecule is COc1ccccc1-n1cc(C(=NOC2CCNCC2)c2ccc(F)cc2F)ccc1=O. The van der Waals surface area contributed by atoms with Gasteiger partial charge in [-0.15, -0.1) is 0 Å². The van der Waals surface area contributed by atoms with Crippen LogP contribution in [-0.4, -0.2) is 36.6 Å². The van der Waals surface area contributed by atoms with Crippen LogP contribution in [0.4, 0.5) is 8.78 Å². The molecule has 0 saturated carbocycles. The number of rotatable bonds is 6. The molecule has 0 unspecified atom stereocenters. The summed E-state index contributed by atoms with van der Waals surface area (Å²) in [6.07, 6.45) is 2.97. The molecule has 4 rings (SSSR count). The molecule has 1 fully saturated rings. The van der Waals surface area contributed by atoms with Crippen molar-refractivity contribution in [3.05, 3.63) is 93.9 Å². The van der Waals surface area contributed by atoms with Crippen molar-refractivity contribution in [1.82, 2.24) is 9.88 Å². The standard InChI is InChI=1S/C24H23F2N3O3/c1-31-22-5-3-2-4-21(22)29-15-16(6-9-23(29)30)24(19-8-7-17(25)14-20(19)26)28-32-18-10-12-27-13-11-18/h2-9,14-15,18,27H,10-13H2,1H3. The summed E-state index contributed by atoms with van der Waals surface area (Å²) < 4.78 is 35.0. The van der Waals surface area contributed by atoms with E-state index in [4.69, 9.17) is 9.57 Å². The van der Waals surface area contributed by atoms with Gasteiger partial charge in [-0.25, -0.2) is 8.78 Å². The van der Waals surface area contributed by atoms with E-state index in [2.05, 4.69) is 10.5 Å². The highest BCUT2D eigenvalue weighted by atomic mass is 19.1. The molecule has 1 aliphatic heterocycles. The Morgan fingerprint density at radius 3 is 2.62 bits per heavy atom. The number of piperidine rings is 1. The molecule has 1 aromatic heterocycles. The van der Waals surface area contributed by atoms with Gasteiger partial charge in [0.2, 0.25) is 0 Å². The number of hydrogen-bond donors (Lipinski definition) is 1. The van der Waals surface area contributed by atoms with E-state index in [0.717, 1.165) is 38.1 Å². The molecule has 2 heterocycles. The molecule has 1 aliphatic rings. The van der Waals surface area contributed by atoms with Crippen molar-refractivity contribution in [1.29, 1.82) is 0 Å². The van der Waals surface area contributed by atoms with Gasteiger partial charge in [0.25, 0.3) is 5.56 Å². The molecule has 0 aliphatic carbocycles. The smallest absolute Gasteiger partial charge is 0.255 e. The van der Waals surface area contributed by atoms with Crippen molar-refractivity contribution in [3.8, 4) is 11.4 Å². The molecule has 8 heteroatoms. The third-order valence-electron chi connectivity index (χ3n) is 5.29. The van der Waals surface area contributed by atoms with E-state index in [1.54, 1.807) is 36.5 Å². The third-order valence-corrected chi connectivity index (χ3v) is 5.29. The summed E-state index contributed by atoms with van der Waals surface area (Å²) in [6, 6.07) is 13.2. The first-order chi connectivity index (χ1) is 15.6. The number of methoxy groups -OCH3 is 1. The molecule has 3 aromatic rings. The van der Waals surface area contributed by atoms with Crippen LogP contribution in [0.2, 0.25) is 0 Å². The fourth-order valence-corrected chi connectivity index (χ4v) is 3.61. The zero-order chi connectivity index (χ0) is 22.5. The van der Waals surface area contributed by atoms with Gasteiger partial charge >= 0.3 is 0 Å². The summed E-state index contributed by atoms with van der Waals surface area (Å²) in [7, 11) is 1.52. The van der Waals surface area contributed by atoms with Gasteiger partial charge in [0.15, 0.2) is 0 Å². The molecule has 1 N–H and O–H groups in total. The highest BCUT2D eigenvalue weighted by molar-refractivity contribution is 6.12. The van der Waals surface area contributed by atoms with Crippen molar-refractivity contribution >= 4 is 5.71 Å². The highest BCUT2D eigenvalue weighted by Crippen LogP contribution is 2.22. The largest absolute Gasteiger partial charge is 0.495 e. The molecule has 32 heavy (non-hydrogen) atoms. The number of aromatic nitrogens is 1. The van der Waals surface area contributed by atoms with Gasteiger partial charge in [-0.3, -0.25) is 9.36 Å². The molecule has 0 radical (unpaired) electrons. The molecule has 0 spiro atoms. The van der Waals surface area contributed by atoms with E-state index in [1.165, 1.54) is 23.8 Å². The molecule has 0 atom stereocenters. The lowest BCUT2D eigenvalue weighted by Crippen LogP contribution is -2.31. The number of oxime groups is 1. The Labute approximate surface area is 184 Å². The number of nitrogens with zero attached hydrogens (tertiary/aromatic N) is 2.